The van der Waals surface area contributed by atoms with E-state index >= 15 is 0 Å². The smallest absolute Gasteiger partial charge is 0.327 e. The molecule has 1 aliphatic heterocycles. The van der Waals surface area contributed by atoms with E-state index < -0.39 is 12.0 Å². The lowest BCUT2D eigenvalue weighted by Crippen LogP contribution is -2.45. The Labute approximate surface area is 126 Å². The Morgan fingerprint density at radius 1 is 1.60 bits per heavy atom. The van der Waals surface area contributed by atoms with Gasteiger partial charge in [0.25, 0.3) is 5.91 Å². The van der Waals surface area contributed by atoms with Crippen LogP contribution >= 0.6 is 23.5 Å². The Morgan fingerprint density at radius 3 is 2.95 bits per heavy atom. The number of aliphatic carboxylic acids is 1. The molecule has 2 unspecified atom stereocenters. The fourth-order valence-corrected chi connectivity index (χ4v) is 4.08. The van der Waals surface area contributed by atoms with E-state index in [4.69, 9.17) is 0 Å². The minimum Gasteiger partial charge on any atom is -0.480 e. The molecule has 1 aromatic rings. The molecule has 2 heterocycles. The third kappa shape index (κ3) is 2.78. The maximum absolute atomic E-state index is 12.7. The summed E-state index contributed by atoms with van der Waals surface area (Å²) in [7, 11) is 0. The van der Waals surface area contributed by atoms with Crippen LogP contribution in [0.2, 0.25) is 0 Å². The number of pyridine rings is 1. The zero-order chi connectivity index (χ0) is 14.7. The largest absolute Gasteiger partial charge is 0.480 e. The number of carboxylic acids is 1. The van der Waals surface area contributed by atoms with Crippen LogP contribution in [-0.2, 0) is 4.79 Å². The highest BCUT2D eigenvalue weighted by molar-refractivity contribution is 8.00. The average molecular weight is 312 g/mol. The molecule has 5 nitrogen and oxygen atoms in total. The van der Waals surface area contributed by atoms with Gasteiger partial charge in [-0.25, -0.2) is 9.78 Å². The zero-order valence-electron chi connectivity index (χ0n) is 11.3. The molecule has 0 radical (unpaired) electrons. The van der Waals surface area contributed by atoms with Crippen LogP contribution < -0.4 is 0 Å². The predicted octanol–water partition coefficient (Wildman–Crippen LogP) is 2.18. The van der Waals surface area contributed by atoms with Crippen molar-refractivity contribution in [3.8, 4) is 0 Å². The highest BCUT2D eigenvalue weighted by Gasteiger charge is 2.41. The van der Waals surface area contributed by atoms with Gasteiger partial charge in [0.05, 0.1) is 10.9 Å². The van der Waals surface area contributed by atoms with Gasteiger partial charge in [0.15, 0.2) is 0 Å². The molecule has 20 heavy (non-hydrogen) atoms. The fraction of sp³-hybridized carbons (Fsp3) is 0.462. The third-order valence-corrected chi connectivity index (χ3v) is 5.32. The average Bonchev–Trinajstić information content (AvgIpc) is 2.90. The Balaban J connectivity index is 2.36. The lowest BCUT2D eigenvalue weighted by atomic mass is 10.2. The van der Waals surface area contributed by atoms with Crippen molar-refractivity contribution in [2.24, 2.45) is 0 Å². The molecule has 1 fully saturated rings. The molecule has 1 saturated heterocycles. The number of carboxylic acid groups (broad SMARTS) is 1. The van der Waals surface area contributed by atoms with Crippen LogP contribution in [-0.4, -0.2) is 50.3 Å². The third-order valence-electron chi connectivity index (χ3n) is 3.16. The summed E-state index contributed by atoms with van der Waals surface area (Å²) in [5.41, 5.74) is 0.479. The van der Waals surface area contributed by atoms with E-state index in [0.717, 1.165) is 6.42 Å². The van der Waals surface area contributed by atoms with Crippen molar-refractivity contribution in [3.63, 3.8) is 0 Å². The first-order valence-electron chi connectivity index (χ1n) is 6.26. The second-order valence-corrected chi connectivity index (χ2v) is 6.33. The van der Waals surface area contributed by atoms with Gasteiger partial charge in [0.1, 0.15) is 11.1 Å². The van der Waals surface area contributed by atoms with Gasteiger partial charge in [0.2, 0.25) is 0 Å². The number of nitrogens with zero attached hydrogens (tertiary/aromatic N) is 2. The fourth-order valence-electron chi connectivity index (χ4n) is 2.20. The van der Waals surface area contributed by atoms with Crippen molar-refractivity contribution in [2.75, 3.05) is 12.0 Å². The summed E-state index contributed by atoms with van der Waals surface area (Å²) in [4.78, 5) is 29.7. The molecule has 0 bridgehead atoms. The van der Waals surface area contributed by atoms with Crippen molar-refractivity contribution < 1.29 is 14.7 Å². The van der Waals surface area contributed by atoms with E-state index in [1.165, 1.54) is 28.4 Å². The monoisotopic (exact) mass is 312 g/mol. The van der Waals surface area contributed by atoms with Crippen molar-refractivity contribution in [1.29, 1.82) is 0 Å². The molecule has 0 aliphatic carbocycles. The number of aromatic nitrogens is 1. The molecular formula is C13H16N2O3S2. The number of thioether (sulfide) groups is 2. The first kappa shape index (κ1) is 15.2. The Bertz CT molecular complexity index is 524. The number of carbonyl (C=O) groups excluding carboxylic acids is 1. The van der Waals surface area contributed by atoms with E-state index in [2.05, 4.69) is 4.98 Å². The maximum Gasteiger partial charge on any atom is 0.327 e. The molecule has 1 aromatic heterocycles. The molecule has 108 valence electrons. The van der Waals surface area contributed by atoms with E-state index in [-0.39, 0.29) is 11.3 Å². The standard InChI is InChI=1S/C13H16N2O3S2/c1-3-10-15(9(7-20-10)13(17)18)12(16)8-5-4-6-14-11(8)19-2/h4-6,9-10H,3,7H2,1-2H3,(H,17,18). The number of carbonyl (C=O) groups is 2. The number of hydrogen-bond acceptors (Lipinski definition) is 5. The van der Waals surface area contributed by atoms with Crippen molar-refractivity contribution in [3.05, 3.63) is 23.9 Å². The van der Waals surface area contributed by atoms with Crippen LogP contribution in [0, 0.1) is 0 Å². The zero-order valence-corrected chi connectivity index (χ0v) is 12.9. The summed E-state index contributed by atoms with van der Waals surface area (Å²) in [6, 6.07) is 2.65. The summed E-state index contributed by atoms with van der Waals surface area (Å²) >= 11 is 2.91. The summed E-state index contributed by atoms with van der Waals surface area (Å²) in [6.07, 6.45) is 4.21. The van der Waals surface area contributed by atoms with E-state index in [1.54, 1.807) is 18.3 Å². The van der Waals surface area contributed by atoms with Crippen molar-refractivity contribution in [1.82, 2.24) is 9.88 Å². The number of hydrogen-bond donors (Lipinski definition) is 1. The molecule has 1 aliphatic rings. The summed E-state index contributed by atoms with van der Waals surface area (Å²) in [5.74, 6) is -0.753. The molecule has 0 spiro atoms. The van der Waals surface area contributed by atoms with Gasteiger partial charge in [0, 0.05) is 11.9 Å². The quantitative estimate of drug-likeness (QED) is 0.859. The van der Waals surface area contributed by atoms with Crippen LogP contribution in [0.1, 0.15) is 23.7 Å². The van der Waals surface area contributed by atoms with Gasteiger partial charge in [-0.3, -0.25) is 4.79 Å². The molecule has 2 rings (SSSR count). The van der Waals surface area contributed by atoms with Gasteiger partial charge in [-0.15, -0.1) is 23.5 Å². The van der Waals surface area contributed by atoms with Gasteiger partial charge in [-0.2, -0.15) is 0 Å². The number of rotatable bonds is 4. The molecule has 0 aromatic carbocycles. The summed E-state index contributed by atoms with van der Waals surface area (Å²) in [5, 5.41) is 9.84. The molecule has 2 atom stereocenters. The van der Waals surface area contributed by atoms with E-state index in [1.807, 2.05) is 13.2 Å². The predicted molar refractivity (Wildman–Crippen MR) is 80.1 cm³/mol. The Hall–Kier alpha value is -1.21. The topological polar surface area (TPSA) is 70.5 Å². The Morgan fingerprint density at radius 2 is 2.35 bits per heavy atom. The maximum atomic E-state index is 12.7. The van der Waals surface area contributed by atoms with Crippen LogP contribution in [0.4, 0.5) is 0 Å². The first-order chi connectivity index (χ1) is 9.60. The summed E-state index contributed by atoms with van der Waals surface area (Å²) < 4.78 is 0. The molecule has 7 heteroatoms. The van der Waals surface area contributed by atoms with Gasteiger partial charge >= 0.3 is 5.97 Å². The van der Waals surface area contributed by atoms with Gasteiger partial charge in [-0.05, 0) is 24.8 Å². The second-order valence-electron chi connectivity index (χ2n) is 4.32. The molecular weight excluding hydrogens is 296 g/mol. The summed E-state index contributed by atoms with van der Waals surface area (Å²) in [6.45, 7) is 1.96. The van der Waals surface area contributed by atoms with Crippen molar-refractivity contribution >= 4 is 35.4 Å². The van der Waals surface area contributed by atoms with E-state index in [9.17, 15) is 14.7 Å². The van der Waals surface area contributed by atoms with Gasteiger partial charge in [-0.1, -0.05) is 6.92 Å². The van der Waals surface area contributed by atoms with Gasteiger partial charge < -0.3 is 10.0 Å². The van der Waals surface area contributed by atoms with Crippen LogP contribution in [0.25, 0.3) is 0 Å². The molecule has 0 saturated carbocycles. The van der Waals surface area contributed by atoms with Crippen molar-refractivity contribution in [2.45, 2.75) is 29.8 Å². The SMILES string of the molecule is CCC1SCC(C(=O)O)N1C(=O)c1cccnc1SC. The Kier molecular flexibility index (Phi) is 4.93. The van der Waals surface area contributed by atoms with E-state index in [0.29, 0.717) is 16.3 Å². The first-order valence-corrected chi connectivity index (χ1v) is 8.53. The highest BCUT2D eigenvalue weighted by atomic mass is 32.2. The molecule has 1 amide bonds. The van der Waals surface area contributed by atoms with Crippen LogP contribution in [0.5, 0.6) is 0 Å². The minimum atomic E-state index is -0.948. The second kappa shape index (κ2) is 6.49. The molecule has 1 N–H and O–H groups in total. The lowest BCUT2D eigenvalue weighted by molar-refractivity contribution is -0.141. The lowest BCUT2D eigenvalue weighted by Gasteiger charge is -2.27. The minimum absolute atomic E-state index is 0.0847. The normalized spacial score (nSPS) is 22.0. The number of amides is 1. The van der Waals surface area contributed by atoms with Crippen LogP contribution in [0.3, 0.4) is 0 Å². The highest BCUT2D eigenvalue weighted by Crippen LogP contribution is 2.33. The van der Waals surface area contributed by atoms with Crippen LogP contribution in [0.15, 0.2) is 23.4 Å².